The van der Waals surface area contributed by atoms with Gasteiger partial charge in [-0.25, -0.2) is 8.78 Å². The van der Waals surface area contributed by atoms with Gasteiger partial charge in [-0.05, 0) is 41.2 Å². The fourth-order valence-corrected chi connectivity index (χ4v) is 3.48. The van der Waals surface area contributed by atoms with Crippen LogP contribution in [0.15, 0.2) is 36.4 Å². The minimum Gasteiger partial charge on any atom is -0.206 e. The molecule has 3 rings (SSSR count). The van der Waals surface area contributed by atoms with Gasteiger partial charge in [-0.2, -0.15) is 17.6 Å². The molecular formula is C20H18F6. The average Bonchev–Trinajstić information content (AvgIpc) is 2.76. The molecule has 0 aliphatic heterocycles. The topological polar surface area (TPSA) is 0 Å². The first kappa shape index (κ1) is 18.8. The van der Waals surface area contributed by atoms with E-state index in [0.717, 1.165) is 6.42 Å². The molecule has 0 N–H and O–H groups in total. The Bertz CT molecular complexity index is 755. The summed E-state index contributed by atoms with van der Waals surface area (Å²) in [5.74, 6) is -10.5. The van der Waals surface area contributed by atoms with Crippen molar-refractivity contribution in [2.45, 2.75) is 50.4 Å². The Balaban J connectivity index is 1.87. The van der Waals surface area contributed by atoms with Crippen LogP contribution >= 0.6 is 0 Å². The maximum Gasteiger partial charge on any atom is 0.310 e. The second-order valence-corrected chi connectivity index (χ2v) is 6.82. The molecular weight excluding hydrogens is 354 g/mol. The van der Waals surface area contributed by atoms with Gasteiger partial charge < -0.3 is 0 Å². The number of hydrogen-bond acceptors (Lipinski definition) is 0. The average molecular weight is 372 g/mol. The van der Waals surface area contributed by atoms with Crippen LogP contribution < -0.4 is 0 Å². The Morgan fingerprint density at radius 2 is 1.38 bits per heavy atom. The van der Waals surface area contributed by atoms with Crippen LogP contribution in [0.3, 0.4) is 0 Å². The third-order valence-electron chi connectivity index (χ3n) is 4.85. The third kappa shape index (κ3) is 3.33. The Kier molecular flexibility index (Phi) is 4.80. The molecule has 2 aromatic rings. The molecule has 1 aliphatic carbocycles. The standard InChI is InChI=1S/C20H18F6/c1-2-3-12-8-16(21)18(17(22)9-12)14-6-4-13(5-7-14)15-10-19(23,24)20(25,26)11-15/h4-9,15H,2-3,10-11H2,1H3. The number of benzene rings is 2. The van der Waals surface area contributed by atoms with E-state index < -0.39 is 42.2 Å². The SMILES string of the molecule is CCCc1cc(F)c(-c2ccc(C3CC(F)(F)C(F)(F)C3)cc2)c(F)c1. The van der Waals surface area contributed by atoms with Crippen molar-refractivity contribution in [2.75, 3.05) is 0 Å². The highest BCUT2D eigenvalue weighted by atomic mass is 19.3. The van der Waals surface area contributed by atoms with Crippen molar-refractivity contribution < 1.29 is 26.3 Å². The van der Waals surface area contributed by atoms with Gasteiger partial charge >= 0.3 is 11.8 Å². The third-order valence-corrected chi connectivity index (χ3v) is 4.85. The lowest BCUT2D eigenvalue weighted by Gasteiger charge is -2.16. The summed E-state index contributed by atoms with van der Waals surface area (Å²) < 4.78 is 82.0. The van der Waals surface area contributed by atoms with Crippen molar-refractivity contribution in [2.24, 2.45) is 0 Å². The number of halogens is 6. The molecule has 1 aliphatic rings. The van der Waals surface area contributed by atoms with Crippen molar-refractivity contribution in [1.29, 1.82) is 0 Å². The molecule has 140 valence electrons. The predicted molar refractivity (Wildman–Crippen MR) is 87.7 cm³/mol. The van der Waals surface area contributed by atoms with Gasteiger partial charge in [0.15, 0.2) is 0 Å². The second-order valence-electron chi connectivity index (χ2n) is 6.82. The van der Waals surface area contributed by atoms with E-state index in [0.29, 0.717) is 17.5 Å². The quantitative estimate of drug-likeness (QED) is 0.522. The fourth-order valence-electron chi connectivity index (χ4n) is 3.48. The van der Waals surface area contributed by atoms with E-state index in [9.17, 15) is 26.3 Å². The van der Waals surface area contributed by atoms with E-state index in [2.05, 4.69) is 0 Å². The van der Waals surface area contributed by atoms with Crippen LogP contribution in [-0.4, -0.2) is 11.8 Å². The van der Waals surface area contributed by atoms with Crippen LogP contribution in [-0.2, 0) is 6.42 Å². The van der Waals surface area contributed by atoms with E-state index in [1.165, 1.54) is 36.4 Å². The maximum absolute atomic E-state index is 14.3. The largest absolute Gasteiger partial charge is 0.310 e. The predicted octanol–water partition coefficient (Wildman–Crippen LogP) is 6.73. The molecule has 0 saturated heterocycles. The summed E-state index contributed by atoms with van der Waals surface area (Å²) in [7, 11) is 0. The van der Waals surface area contributed by atoms with Crippen molar-refractivity contribution in [3.05, 3.63) is 59.2 Å². The summed E-state index contributed by atoms with van der Waals surface area (Å²) in [5, 5.41) is 0. The van der Waals surface area contributed by atoms with Gasteiger partial charge in [-0.3, -0.25) is 0 Å². The van der Waals surface area contributed by atoms with Gasteiger partial charge in [0.1, 0.15) is 11.6 Å². The Labute approximate surface area is 147 Å². The summed E-state index contributed by atoms with van der Waals surface area (Å²) in [6.07, 6.45) is -0.567. The fraction of sp³-hybridized carbons (Fsp3) is 0.400. The molecule has 0 aromatic heterocycles. The zero-order chi connectivity index (χ0) is 19.1. The van der Waals surface area contributed by atoms with Gasteiger partial charge in [0.25, 0.3) is 0 Å². The van der Waals surface area contributed by atoms with Crippen LogP contribution in [0, 0.1) is 11.6 Å². The Hall–Kier alpha value is -1.98. The summed E-state index contributed by atoms with van der Waals surface area (Å²) >= 11 is 0. The monoisotopic (exact) mass is 372 g/mol. The minimum atomic E-state index is -4.04. The molecule has 0 nitrogen and oxygen atoms in total. The van der Waals surface area contributed by atoms with Crippen molar-refractivity contribution >= 4 is 0 Å². The van der Waals surface area contributed by atoms with Crippen LogP contribution in [0.25, 0.3) is 11.1 Å². The van der Waals surface area contributed by atoms with Gasteiger partial charge in [0, 0.05) is 12.8 Å². The zero-order valence-corrected chi connectivity index (χ0v) is 14.1. The first-order valence-electron chi connectivity index (χ1n) is 8.48. The molecule has 2 aromatic carbocycles. The van der Waals surface area contributed by atoms with Gasteiger partial charge in [0.05, 0.1) is 5.56 Å². The molecule has 26 heavy (non-hydrogen) atoms. The summed E-state index contributed by atoms with van der Waals surface area (Å²) in [6, 6.07) is 8.07. The van der Waals surface area contributed by atoms with Gasteiger partial charge in [-0.15, -0.1) is 0 Å². The summed E-state index contributed by atoms with van der Waals surface area (Å²) in [4.78, 5) is 0. The van der Waals surface area contributed by atoms with Crippen molar-refractivity contribution in [1.82, 2.24) is 0 Å². The summed E-state index contributed by atoms with van der Waals surface area (Å²) in [5.41, 5.74) is 0.897. The minimum absolute atomic E-state index is 0.210. The number of alkyl halides is 4. The highest BCUT2D eigenvalue weighted by molar-refractivity contribution is 5.65. The number of hydrogen-bond donors (Lipinski definition) is 0. The smallest absolute Gasteiger partial charge is 0.206 e. The molecule has 0 spiro atoms. The highest BCUT2D eigenvalue weighted by Crippen LogP contribution is 2.53. The molecule has 0 radical (unpaired) electrons. The first-order valence-corrected chi connectivity index (χ1v) is 8.48. The van der Waals surface area contributed by atoms with Gasteiger partial charge in [0.2, 0.25) is 0 Å². The second kappa shape index (κ2) is 6.63. The van der Waals surface area contributed by atoms with E-state index in [1.807, 2.05) is 6.92 Å². The lowest BCUT2D eigenvalue weighted by molar-refractivity contribution is -0.185. The molecule has 1 fully saturated rings. The molecule has 0 amide bonds. The van der Waals surface area contributed by atoms with Crippen LogP contribution in [0.4, 0.5) is 26.3 Å². The highest BCUT2D eigenvalue weighted by Gasteiger charge is 2.63. The molecule has 0 unspecified atom stereocenters. The van der Waals surface area contributed by atoms with E-state index >= 15 is 0 Å². The molecule has 0 heterocycles. The summed E-state index contributed by atoms with van der Waals surface area (Å²) in [6.45, 7) is 1.90. The van der Waals surface area contributed by atoms with Gasteiger partial charge in [-0.1, -0.05) is 37.6 Å². The first-order chi connectivity index (χ1) is 12.1. The van der Waals surface area contributed by atoms with Crippen LogP contribution in [0.1, 0.15) is 43.2 Å². The zero-order valence-electron chi connectivity index (χ0n) is 14.1. The van der Waals surface area contributed by atoms with Crippen molar-refractivity contribution in [3.63, 3.8) is 0 Å². The number of rotatable bonds is 4. The lowest BCUT2D eigenvalue weighted by atomic mass is 9.94. The van der Waals surface area contributed by atoms with Crippen LogP contribution in [0.5, 0.6) is 0 Å². The Morgan fingerprint density at radius 1 is 0.885 bits per heavy atom. The van der Waals surface area contributed by atoms with Crippen LogP contribution in [0.2, 0.25) is 0 Å². The lowest BCUT2D eigenvalue weighted by Crippen LogP contribution is -2.33. The molecule has 1 saturated carbocycles. The normalized spacial score (nSPS) is 19.0. The maximum atomic E-state index is 14.3. The number of aryl methyl sites for hydroxylation is 1. The molecule has 0 bridgehead atoms. The van der Waals surface area contributed by atoms with E-state index in [4.69, 9.17) is 0 Å². The Morgan fingerprint density at radius 3 is 1.85 bits per heavy atom. The molecule has 6 heteroatoms. The van der Waals surface area contributed by atoms with E-state index in [-0.39, 0.29) is 11.1 Å². The van der Waals surface area contributed by atoms with Crippen molar-refractivity contribution in [3.8, 4) is 11.1 Å². The molecule has 0 atom stereocenters. The van der Waals surface area contributed by atoms with E-state index in [1.54, 1.807) is 0 Å².